The molecule has 1 aromatic carbocycles. The molecule has 3 N–H and O–H groups in total. The van der Waals surface area contributed by atoms with Gasteiger partial charge in [0.15, 0.2) is 0 Å². The van der Waals surface area contributed by atoms with Gasteiger partial charge in [0.05, 0.1) is 6.54 Å². The number of halogens is 1. The van der Waals surface area contributed by atoms with E-state index in [4.69, 9.17) is 11.6 Å². The minimum atomic E-state index is -0.751. The number of carbonyl (C=O) groups excluding carboxylic acids is 3. The van der Waals surface area contributed by atoms with Crippen LogP contribution in [0.1, 0.15) is 38.1 Å². The molecule has 154 valence electrons. The van der Waals surface area contributed by atoms with Gasteiger partial charge in [-0.15, -0.1) is 5.10 Å². The van der Waals surface area contributed by atoms with Crippen molar-refractivity contribution >= 4 is 35.4 Å². The Morgan fingerprint density at radius 2 is 2.07 bits per heavy atom. The lowest BCUT2D eigenvalue weighted by Gasteiger charge is -2.14. The van der Waals surface area contributed by atoms with Gasteiger partial charge in [-0.2, -0.15) is 4.98 Å². The molecule has 1 atom stereocenters. The van der Waals surface area contributed by atoms with Crippen LogP contribution in [-0.4, -0.2) is 44.0 Å². The van der Waals surface area contributed by atoms with Gasteiger partial charge in [0.1, 0.15) is 11.9 Å². The van der Waals surface area contributed by atoms with Crippen molar-refractivity contribution in [2.45, 2.75) is 45.7 Å². The van der Waals surface area contributed by atoms with Gasteiger partial charge in [-0.3, -0.25) is 24.9 Å². The van der Waals surface area contributed by atoms with Gasteiger partial charge in [-0.05, 0) is 24.0 Å². The number of H-pyrrole nitrogens is 1. The van der Waals surface area contributed by atoms with Crippen molar-refractivity contribution in [3.8, 4) is 0 Å². The Morgan fingerprint density at radius 1 is 1.31 bits per heavy atom. The molecule has 1 unspecified atom stereocenters. The summed E-state index contributed by atoms with van der Waals surface area (Å²) in [5.74, 6) is 0.611. The number of benzene rings is 1. The molecule has 1 aromatic heterocycles. The fourth-order valence-electron chi connectivity index (χ4n) is 3.01. The fraction of sp³-hybridized carbons (Fsp3) is 0.421. The van der Waals surface area contributed by atoms with E-state index in [1.54, 1.807) is 24.3 Å². The molecule has 0 aliphatic carbocycles. The topological polar surface area (TPSA) is 120 Å². The Kier molecular flexibility index (Phi) is 6.48. The van der Waals surface area contributed by atoms with Gasteiger partial charge in [-0.25, -0.2) is 4.79 Å². The van der Waals surface area contributed by atoms with Crippen LogP contribution in [-0.2, 0) is 22.6 Å². The number of urea groups is 1. The highest BCUT2D eigenvalue weighted by molar-refractivity contribution is 6.31. The number of aromatic nitrogens is 3. The first kappa shape index (κ1) is 20.8. The summed E-state index contributed by atoms with van der Waals surface area (Å²) in [5.41, 5.74) is 0.679. The van der Waals surface area contributed by atoms with E-state index in [-0.39, 0.29) is 37.1 Å². The maximum Gasteiger partial charge on any atom is 0.325 e. The summed E-state index contributed by atoms with van der Waals surface area (Å²) in [6, 6.07) is 5.78. The van der Waals surface area contributed by atoms with E-state index >= 15 is 0 Å². The summed E-state index contributed by atoms with van der Waals surface area (Å²) < 4.78 is 0. The van der Waals surface area contributed by atoms with Crippen molar-refractivity contribution in [2.24, 2.45) is 5.92 Å². The van der Waals surface area contributed by atoms with Gasteiger partial charge in [0, 0.05) is 17.9 Å². The van der Waals surface area contributed by atoms with Crippen LogP contribution in [0.5, 0.6) is 0 Å². The second-order valence-corrected chi connectivity index (χ2v) is 7.72. The van der Waals surface area contributed by atoms with Crippen LogP contribution in [0, 0.1) is 5.92 Å². The van der Waals surface area contributed by atoms with Crippen molar-refractivity contribution in [2.75, 3.05) is 5.32 Å². The first-order chi connectivity index (χ1) is 13.8. The van der Waals surface area contributed by atoms with Crippen LogP contribution in [0.4, 0.5) is 10.7 Å². The number of rotatable bonds is 8. The summed E-state index contributed by atoms with van der Waals surface area (Å²) in [4.78, 5) is 42.2. The molecule has 1 saturated heterocycles. The van der Waals surface area contributed by atoms with E-state index in [0.717, 1.165) is 11.3 Å². The van der Waals surface area contributed by atoms with Gasteiger partial charge >= 0.3 is 6.03 Å². The van der Waals surface area contributed by atoms with E-state index in [9.17, 15) is 14.4 Å². The van der Waals surface area contributed by atoms with E-state index in [1.165, 1.54) is 0 Å². The van der Waals surface area contributed by atoms with Crippen molar-refractivity contribution < 1.29 is 14.4 Å². The van der Waals surface area contributed by atoms with E-state index in [1.807, 2.05) is 0 Å². The number of nitrogens with zero attached hydrogens (tertiary/aromatic N) is 3. The summed E-state index contributed by atoms with van der Waals surface area (Å²) in [7, 11) is 0. The van der Waals surface area contributed by atoms with E-state index < -0.39 is 12.1 Å². The van der Waals surface area contributed by atoms with Crippen molar-refractivity contribution in [3.63, 3.8) is 0 Å². The fourth-order valence-corrected chi connectivity index (χ4v) is 3.21. The highest BCUT2D eigenvalue weighted by Gasteiger charge is 2.38. The summed E-state index contributed by atoms with van der Waals surface area (Å²) in [6.07, 6.45) is 0.954. The lowest BCUT2D eigenvalue weighted by atomic mass is 10.1. The van der Waals surface area contributed by atoms with Gasteiger partial charge in [-0.1, -0.05) is 43.6 Å². The number of aromatic amines is 1. The van der Waals surface area contributed by atoms with Crippen molar-refractivity contribution in [1.29, 1.82) is 0 Å². The number of anilines is 1. The number of amides is 4. The van der Waals surface area contributed by atoms with Gasteiger partial charge in [0.2, 0.25) is 11.9 Å². The summed E-state index contributed by atoms with van der Waals surface area (Å²) >= 11 is 6.11. The standard InChI is InChI=1S/C19H23ClN6O3/c1-11(2)9-15-22-18(25-24-15)23-16(27)8-7-14-17(28)26(19(29)21-14)10-12-5-3-4-6-13(12)20/h3-6,11,14H,7-10H2,1-2H3,(H,21,29)(H2,22,23,24,25,27). The van der Waals surface area contributed by atoms with E-state index in [0.29, 0.717) is 22.3 Å². The Labute approximate surface area is 173 Å². The summed E-state index contributed by atoms with van der Waals surface area (Å²) in [5, 5.41) is 12.4. The molecule has 9 nitrogen and oxygen atoms in total. The molecule has 2 aromatic rings. The molecule has 0 saturated carbocycles. The highest BCUT2D eigenvalue weighted by atomic mass is 35.5. The van der Waals surface area contributed by atoms with Crippen LogP contribution in [0.2, 0.25) is 5.02 Å². The maximum atomic E-state index is 12.5. The van der Waals surface area contributed by atoms with Crippen LogP contribution in [0.3, 0.4) is 0 Å². The summed E-state index contributed by atoms with van der Waals surface area (Å²) in [6.45, 7) is 4.20. The second kappa shape index (κ2) is 9.04. The Hall–Kier alpha value is -2.94. The molecular formula is C19H23ClN6O3. The lowest BCUT2D eigenvalue weighted by Crippen LogP contribution is -2.31. The first-order valence-corrected chi connectivity index (χ1v) is 9.77. The maximum absolute atomic E-state index is 12.5. The third-order valence-corrected chi connectivity index (χ3v) is 4.81. The molecule has 3 rings (SSSR count). The number of carbonyl (C=O) groups is 3. The Balaban J connectivity index is 1.51. The van der Waals surface area contributed by atoms with Gasteiger partial charge < -0.3 is 5.32 Å². The molecule has 1 aliphatic heterocycles. The molecule has 2 heterocycles. The van der Waals surface area contributed by atoms with Crippen molar-refractivity contribution in [3.05, 3.63) is 40.7 Å². The van der Waals surface area contributed by atoms with Gasteiger partial charge in [0.25, 0.3) is 5.91 Å². The average molecular weight is 419 g/mol. The van der Waals surface area contributed by atoms with Crippen LogP contribution in [0.15, 0.2) is 24.3 Å². The Bertz CT molecular complexity index is 913. The highest BCUT2D eigenvalue weighted by Crippen LogP contribution is 2.20. The monoisotopic (exact) mass is 418 g/mol. The minimum absolute atomic E-state index is 0.0463. The van der Waals surface area contributed by atoms with Crippen LogP contribution < -0.4 is 10.6 Å². The zero-order chi connectivity index (χ0) is 21.0. The largest absolute Gasteiger partial charge is 0.326 e. The zero-order valence-electron chi connectivity index (χ0n) is 16.2. The predicted octanol–water partition coefficient (Wildman–Crippen LogP) is 2.50. The molecule has 10 heteroatoms. The quantitative estimate of drug-likeness (QED) is 0.569. The zero-order valence-corrected chi connectivity index (χ0v) is 17.0. The smallest absolute Gasteiger partial charge is 0.325 e. The molecule has 1 aliphatic rings. The normalized spacial score (nSPS) is 16.4. The lowest BCUT2D eigenvalue weighted by molar-refractivity contribution is -0.128. The van der Waals surface area contributed by atoms with E-state index in [2.05, 4.69) is 39.7 Å². The predicted molar refractivity (Wildman–Crippen MR) is 107 cm³/mol. The first-order valence-electron chi connectivity index (χ1n) is 9.40. The molecule has 1 fully saturated rings. The van der Waals surface area contributed by atoms with Crippen LogP contribution >= 0.6 is 11.6 Å². The molecule has 0 spiro atoms. The molecule has 0 bridgehead atoms. The van der Waals surface area contributed by atoms with Crippen LogP contribution in [0.25, 0.3) is 0 Å². The number of nitrogens with one attached hydrogen (secondary N) is 3. The third-order valence-electron chi connectivity index (χ3n) is 4.44. The minimum Gasteiger partial charge on any atom is -0.326 e. The number of hydrogen-bond donors (Lipinski definition) is 3. The Morgan fingerprint density at radius 3 is 2.79 bits per heavy atom. The second-order valence-electron chi connectivity index (χ2n) is 7.31. The number of imide groups is 1. The average Bonchev–Trinajstić information content (AvgIpc) is 3.19. The SMILES string of the molecule is CC(C)Cc1nc(NC(=O)CCC2NC(=O)N(Cc3ccccc3Cl)C2=O)n[nH]1. The van der Waals surface area contributed by atoms with Crippen molar-refractivity contribution in [1.82, 2.24) is 25.4 Å². The molecular weight excluding hydrogens is 396 g/mol. The number of hydrogen-bond acceptors (Lipinski definition) is 5. The molecule has 4 amide bonds. The third kappa shape index (κ3) is 5.32. The molecule has 0 radical (unpaired) electrons. The molecule has 29 heavy (non-hydrogen) atoms.